The molecular formula is C15H23N3O2. The van der Waals surface area contributed by atoms with E-state index in [1.165, 1.54) is 17.5 Å². The first-order valence-corrected chi connectivity index (χ1v) is 7.67. The van der Waals surface area contributed by atoms with E-state index in [2.05, 4.69) is 16.9 Å². The quantitative estimate of drug-likeness (QED) is 0.891. The van der Waals surface area contributed by atoms with Gasteiger partial charge in [0.05, 0.1) is 24.0 Å². The van der Waals surface area contributed by atoms with Crippen LogP contribution in [0, 0.1) is 5.92 Å². The summed E-state index contributed by atoms with van der Waals surface area (Å²) in [5.41, 5.74) is 0.831. The van der Waals surface area contributed by atoms with Crippen molar-refractivity contribution < 1.29 is 5.11 Å². The van der Waals surface area contributed by atoms with Crippen LogP contribution >= 0.6 is 0 Å². The number of aliphatic hydroxyl groups is 1. The van der Waals surface area contributed by atoms with Gasteiger partial charge in [-0.05, 0) is 38.0 Å². The van der Waals surface area contributed by atoms with Crippen LogP contribution in [0.4, 0.5) is 5.69 Å². The first-order chi connectivity index (χ1) is 9.65. The molecule has 2 aliphatic rings. The Labute approximate surface area is 119 Å². The Bertz CT molecular complexity index is 528. The lowest BCUT2D eigenvalue weighted by Crippen LogP contribution is -2.37. The number of hydrogen-bond donors (Lipinski definition) is 1. The Morgan fingerprint density at radius 3 is 2.80 bits per heavy atom. The van der Waals surface area contributed by atoms with Gasteiger partial charge in [-0.25, -0.2) is 4.68 Å². The number of anilines is 1. The molecule has 3 rings (SSSR count). The van der Waals surface area contributed by atoms with Crippen LogP contribution in [0.3, 0.4) is 0 Å². The lowest BCUT2D eigenvalue weighted by Gasteiger charge is -2.32. The molecule has 1 aliphatic carbocycles. The number of nitrogens with zero attached hydrogens (tertiary/aromatic N) is 3. The maximum absolute atomic E-state index is 12.3. The van der Waals surface area contributed by atoms with Crippen molar-refractivity contribution in [1.82, 2.24) is 9.78 Å². The number of aliphatic hydroxyl groups excluding tert-OH is 1. The molecule has 1 aliphatic heterocycles. The van der Waals surface area contributed by atoms with Crippen molar-refractivity contribution in [2.45, 2.75) is 51.2 Å². The van der Waals surface area contributed by atoms with Crippen LogP contribution < -0.4 is 10.5 Å². The Balaban J connectivity index is 1.82. The van der Waals surface area contributed by atoms with Crippen LogP contribution in [0.25, 0.3) is 0 Å². The summed E-state index contributed by atoms with van der Waals surface area (Å²) in [4.78, 5) is 14.5. The summed E-state index contributed by atoms with van der Waals surface area (Å²) in [6, 6.07) is 1.53. The molecule has 1 N–H and O–H groups in total. The summed E-state index contributed by atoms with van der Waals surface area (Å²) in [5.74, 6) is 0.669. The summed E-state index contributed by atoms with van der Waals surface area (Å²) in [6.07, 6.45) is 6.36. The molecule has 0 radical (unpaired) electrons. The number of hydrogen-bond acceptors (Lipinski definition) is 4. The average molecular weight is 277 g/mol. The summed E-state index contributed by atoms with van der Waals surface area (Å²) >= 11 is 0. The predicted molar refractivity (Wildman–Crippen MR) is 78.0 cm³/mol. The molecule has 1 aromatic heterocycles. The van der Waals surface area contributed by atoms with Gasteiger partial charge in [0.25, 0.3) is 5.56 Å². The van der Waals surface area contributed by atoms with Crippen LogP contribution in [0.1, 0.15) is 45.1 Å². The number of piperidine rings is 1. The molecule has 5 heteroatoms. The third-order valence-corrected chi connectivity index (χ3v) is 4.59. The Kier molecular flexibility index (Phi) is 3.78. The van der Waals surface area contributed by atoms with Crippen molar-refractivity contribution in [2.24, 2.45) is 5.92 Å². The molecular weight excluding hydrogens is 254 g/mol. The van der Waals surface area contributed by atoms with Crippen molar-refractivity contribution >= 4 is 5.69 Å². The highest BCUT2D eigenvalue weighted by Crippen LogP contribution is 2.28. The van der Waals surface area contributed by atoms with Crippen LogP contribution in [-0.4, -0.2) is 34.1 Å². The fourth-order valence-corrected chi connectivity index (χ4v) is 3.46. The highest BCUT2D eigenvalue weighted by atomic mass is 16.3. The molecule has 0 spiro atoms. The minimum absolute atomic E-state index is 0.0910. The van der Waals surface area contributed by atoms with Crippen LogP contribution in [0.5, 0.6) is 0 Å². The second kappa shape index (κ2) is 5.56. The van der Waals surface area contributed by atoms with Gasteiger partial charge in [-0.2, -0.15) is 5.10 Å². The lowest BCUT2D eigenvalue weighted by molar-refractivity contribution is 0.127. The van der Waals surface area contributed by atoms with Crippen molar-refractivity contribution in [2.75, 3.05) is 18.0 Å². The van der Waals surface area contributed by atoms with Gasteiger partial charge in [0, 0.05) is 19.2 Å². The maximum atomic E-state index is 12.3. The summed E-state index contributed by atoms with van der Waals surface area (Å²) in [5, 5.41) is 14.2. The van der Waals surface area contributed by atoms with Crippen molar-refractivity contribution in [3.8, 4) is 0 Å². The van der Waals surface area contributed by atoms with E-state index in [4.69, 9.17) is 0 Å². The topological polar surface area (TPSA) is 58.4 Å². The van der Waals surface area contributed by atoms with Gasteiger partial charge in [0.15, 0.2) is 0 Å². The summed E-state index contributed by atoms with van der Waals surface area (Å²) < 4.78 is 1.47. The van der Waals surface area contributed by atoms with Gasteiger partial charge in [0.1, 0.15) is 0 Å². The molecule has 1 unspecified atom stereocenters. The zero-order valence-corrected chi connectivity index (χ0v) is 12.0. The van der Waals surface area contributed by atoms with Gasteiger partial charge in [-0.1, -0.05) is 6.92 Å². The van der Waals surface area contributed by atoms with Crippen LogP contribution in [0.15, 0.2) is 17.1 Å². The highest BCUT2D eigenvalue weighted by Gasteiger charge is 2.28. The van der Waals surface area contributed by atoms with E-state index in [1.54, 1.807) is 12.3 Å². The summed E-state index contributed by atoms with van der Waals surface area (Å²) in [7, 11) is 0. The third-order valence-electron chi connectivity index (χ3n) is 4.59. The van der Waals surface area contributed by atoms with Gasteiger partial charge >= 0.3 is 0 Å². The van der Waals surface area contributed by atoms with Crippen LogP contribution in [-0.2, 0) is 0 Å². The molecule has 1 saturated carbocycles. The van der Waals surface area contributed by atoms with E-state index in [9.17, 15) is 9.90 Å². The lowest BCUT2D eigenvalue weighted by atomic mass is 10.00. The van der Waals surface area contributed by atoms with E-state index in [-0.39, 0.29) is 11.6 Å². The average Bonchev–Trinajstić information content (AvgIpc) is 2.85. The second-order valence-corrected chi connectivity index (χ2v) is 6.26. The molecule has 110 valence electrons. The minimum atomic E-state index is -0.430. The van der Waals surface area contributed by atoms with Gasteiger partial charge in [0.2, 0.25) is 0 Å². The van der Waals surface area contributed by atoms with Crippen molar-refractivity contribution in [3.63, 3.8) is 0 Å². The smallest absolute Gasteiger partial charge is 0.269 e. The molecule has 1 aromatic rings. The van der Waals surface area contributed by atoms with Crippen molar-refractivity contribution in [1.29, 1.82) is 0 Å². The summed E-state index contributed by atoms with van der Waals surface area (Å²) in [6.45, 7) is 4.24. The Morgan fingerprint density at radius 2 is 2.15 bits per heavy atom. The van der Waals surface area contributed by atoms with Crippen molar-refractivity contribution in [3.05, 3.63) is 22.6 Å². The highest BCUT2D eigenvalue weighted by molar-refractivity contribution is 5.43. The van der Waals surface area contributed by atoms with Gasteiger partial charge < -0.3 is 10.0 Å². The Hall–Kier alpha value is -1.36. The number of aromatic nitrogens is 2. The molecule has 2 heterocycles. The fourth-order valence-electron chi connectivity index (χ4n) is 3.46. The fraction of sp³-hybridized carbons (Fsp3) is 0.733. The Morgan fingerprint density at radius 1 is 1.30 bits per heavy atom. The SMILES string of the molecule is CC1CCCN(c2cnn([C@H]3CCC[C@@H]3O)c(=O)c2)C1. The van der Waals surface area contributed by atoms with Crippen LogP contribution in [0.2, 0.25) is 0 Å². The molecule has 0 bridgehead atoms. The monoisotopic (exact) mass is 277 g/mol. The van der Waals surface area contributed by atoms with E-state index >= 15 is 0 Å². The molecule has 3 atom stereocenters. The molecule has 1 saturated heterocycles. The normalized spacial score (nSPS) is 30.7. The molecule has 2 fully saturated rings. The van der Waals surface area contributed by atoms with Gasteiger partial charge in [-0.15, -0.1) is 0 Å². The van der Waals surface area contributed by atoms with E-state index < -0.39 is 6.10 Å². The number of rotatable bonds is 2. The predicted octanol–water partition coefficient (Wildman–Crippen LogP) is 1.57. The van der Waals surface area contributed by atoms with Gasteiger partial charge in [-0.3, -0.25) is 4.79 Å². The van der Waals surface area contributed by atoms with E-state index in [0.29, 0.717) is 5.92 Å². The third kappa shape index (κ3) is 2.59. The van der Waals surface area contributed by atoms with E-state index in [1.807, 2.05) is 0 Å². The zero-order chi connectivity index (χ0) is 14.1. The molecule has 0 aromatic carbocycles. The minimum Gasteiger partial charge on any atom is -0.391 e. The largest absolute Gasteiger partial charge is 0.391 e. The van der Waals surface area contributed by atoms with E-state index in [0.717, 1.165) is 38.0 Å². The maximum Gasteiger partial charge on any atom is 0.269 e. The first-order valence-electron chi connectivity index (χ1n) is 7.67. The molecule has 5 nitrogen and oxygen atoms in total. The zero-order valence-electron chi connectivity index (χ0n) is 12.0. The second-order valence-electron chi connectivity index (χ2n) is 6.26. The standard InChI is InChI=1S/C15H23N3O2/c1-11-4-3-7-17(10-11)12-8-15(20)18(16-9-12)13-5-2-6-14(13)19/h8-9,11,13-14,19H,2-7,10H2,1H3/t11?,13-,14-/m0/s1. The first kappa shape index (κ1) is 13.6. The molecule has 20 heavy (non-hydrogen) atoms. The molecule has 0 amide bonds.